The summed E-state index contributed by atoms with van der Waals surface area (Å²) in [6.07, 6.45) is 2.31. The SMILES string of the molecule is CS(=O)(=O)c1cccc(C(NC(=O)c2ccc3[nH]cnc3c2F)c2ccc(F)c(F)c2)c1. The molecule has 0 aliphatic carbocycles. The molecule has 164 valence electrons. The largest absolute Gasteiger partial charge is 0.345 e. The Kier molecular flexibility index (Phi) is 5.47. The molecule has 10 heteroatoms. The summed E-state index contributed by atoms with van der Waals surface area (Å²) in [7, 11) is -3.58. The van der Waals surface area contributed by atoms with Gasteiger partial charge in [-0.15, -0.1) is 0 Å². The van der Waals surface area contributed by atoms with E-state index in [4.69, 9.17) is 0 Å². The number of aromatic amines is 1. The third-order valence-electron chi connectivity index (χ3n) is 4.95. The van der Waals surface area contributed by atoms with Crippen molar-refractivity contribution in [3.63, 3.8) is 0 Å². The predicted octanol–water partition coefficient (Wildman–Crippen LogP) is 3.90. The van der Waals surface area contributed by atoms with E-state index in [0.717, 1.165) is 18.4 Å². The van der Waals surface area contributed by atoms with Gasteiger partial charge in [-0.2, -0.15) is 0 Å². The maximum atomic E-state index is 14.8. The second kappa shape index (κ2) is 8.12. The van der Waals surface area contributed by atoms with E-state index in [0.29, 0.717) is 5.52 Å². The summed E-state index contributed by atoms with van der Waals surface area (Å²) in [5, 5.41) is 2.59. The summed E-state index contributed by atoms with van der Waals surface area (Å²) < 4.78 is 66.2. The van der Waals surface area contributed by atoms with E-state index in [1.165, 1.54) is 48.8 Å². The average molecular weight is 459 g/mol. The number of H-pyrrole nitrogens is 1. The minimum atomic E-state index is -3.58. The number of imidazole rings is 1. The molecule has 1 aromatic heterocycles. The first-order valence-electron chi connectivity index (χ1n) is 9.32. The summed E-state index contributed by atoms with van der Waals surface area (Å²) in [4.78, 5) is 19.5. The third-order valence-corrected chi connectivity index (χ3v) is 6.06. The second-order valence-corrected chi connectivity index (χ2v) is 9.17. The number of hydrogen-bond acceptors (Lipinski definition) is 4. The van der Waals surface area contributed by atoms with E-state index in [1.807, 2.05) is 0 Å². The predicted molar refractivity (Wildman–Crippen MR) is 111 cm³/mol. The Morgan fingerprint density at radius 2 is 1.75 bits per heavy atom. The number of nitrogens with one attached hydrogen (secondary N) is 2. The van der Waals surface area contributed by atoms with Crippen LogP contribution in [-0.2, 0) is 9.84 Å². The number of sulfone groups is 1. The van der Waals surface area contributed by atoms with Gasteiger partial charge in [-0.1, -0.05) is 18.2 Å². The Balaban J connectivity index is 1.79. The van der Waals surface area contributed by atoms with Gasteiger partial charge in [0.25, 0.3) is 5.91 Å². The normalized spacial score (nSPS) is 12.6. The molecule has 4 aromatic rings. The molecule has 4 rings (SSSR count). The van der Waals surface area contributed by atoms with Crippen LogP contribution in [0.25, 0.3) is 11.0 Å². The van der Waals surface area contributed by atoms with Crippen molar-refractivity contribution in [2.45, 2.75) is 10.9 Å². The van der Waals surface area contributed by atoms with Gasteiger partial charge < -0.3 is 10.3 Å². The van der Waals surface area contributed by atoms with Gasteiger partial charge in [0, 0.05) is 6.26 Å². The third kappa shape index (κ3) is 4.09. The average Bonchev–Trinajstić information content (AvgIpc) is 3.23. The number of halogens is 3. The molecule has 0 spiro atoms. The van der Waals surface area contributed by atoms with E-state index in [9.17, 15) is 26.4 Å². The van der Waals surface area contributed by atoms with Crippen LogP contribution in [0.5, 0.6) is 0 Å². The first-order chi connectivity index (χ1) is 15.1. The number of nitrogens with zero attached hydrogens (tertiary/aromatic N) is 1. The lowest BCUT2D eigenvalue weighted by molar-refractivity contribution is 0.0939. The molecular formula is C22H16F3N3O3S. The van der Waals surface area contributed by atoms with Crippen LogP contribution in [0.15, 0.2) is 65.8 Å². The van der Waals surface area contributed by atoms with Crippen molar-refractivity contribution >= 4 is 26.8 Å². The van der Waals surface area contributed by atoms with Crippen molar-refractivity contribution in [2.24, 2.45) is 0 Å². The van der Waals surface area contributed by atoms with Gasteiger partial charge in [-0.25, -0.2) is 26.6 Å². The molecule has 0 bridgehead atoms. The summed E-state index contributed by atoms with van der Waals surface area (Å²) in [6, 6.07) is 10.4. The number of hydrogen-bond donors (Lipinski definition) is 2. The Morgan fingerprint density at radius 3 is 2.47 bits per heavy atom. The fraction of sp³-hybridized carbons (Fsp3) is 0.0909. The van der Waals surface area contributed by atoms with E-state index in [1.54, 1.807) is 0 Å². The topological polar surface area (TPSA) is 91.9 Å². The number of benzene rings is 3. The Labute approximate surface area is 181 Å². The molecule has 2 N–H and O–H groups in total. The molecule has 1 amide bonds. The van der Waals surface area contributed by atoms with Crippen LogP contribution in [0.3, 0.4) is 0 Å². The van der Waals surface area contributed by atoms with Gasteiger partial charge in [-0.3, -0.25) is 4.79 Å². The van der Waals surface area contributed by atoms with Crippen molar-refractivity contribution in [3.05, 3.63) is 95.1 Å². The molecule has 0 saturated carbocycles. The van der Waals surface area contributed by atoms with Gasteiger partial charge >= 0.3 is 0 Å². The maximum absolute atomic E-state index is 14.8. The van der Waals surface area contributed by atoms with Gasteiger partial charge in [-0.05, 0) is 47.5 Å². The molecule has 32 heavy (non-hydrogen) atoms. The fourth-order valence-corrected chi connectivity index (χ4v) is 4.01. The first-order valence-corrected chi connectivity index (χ1v) is 11.2. The van der Waals surface area contributed by atoms with Crippen molar-refractivity contribution in [3.8, 4) is 0 Å². The highest BCUT2D eigenvalue weighted by Crippen LogP contribution is 2.27. The summed E-state index contributed by atoms with van der Waals surface area (Å²) >= 11 is 0. The van der Waals surface area contributed by atoms with Crippen molar-refractivity contribution in [2.75, 3.05) is 6.26 Å². The van der Waals surface area contributed by atoms with E-state index >= 15 is 0 Å². The molecular weight excluding hydrogens is 443 g/mol. The fourth-order valence-electron chi connectivity index (χ4n) is 3.33. The molecule has 6 nitrogen and oxygen atoms in total. The zero-order valence-corrected chi connectivity index (χ0v) is 17.4. The van der Waals surface area contributed by atoms with Gasteiger partial charge in [0.05, 0.1) is 28.3 Å². The molecule has 1 heterocycles. The number of fused-ring (bicyclic) bond motifs is 1. The highest BCUT2D eigenvalue weighted by molar-refractivity contribution is 7.90. The van der Waals surface area contributed by atoms with Crippen LogP contribution in [-0.4, -0.2) is 30.5 Å². The number of aromatic nitrogens is 2. The second-order valence-electron chi connectivity index (χ2n) is 7.15. The molecule has 0 saturated heterocycles. The Hall–Kier alpha value is -3.66. The summed E-state index contributed by atoms with van der Waals surface area (Å²) in [6.45, 7) is 0. The molecule has 0 aliphatic rings. The summed E-state index contributed by atoms with van der Waals surface area (Å²) in [5.41, 5.74) is 0.493. The minimum Gasteiger partial charge on any atom is -0.345 e. The van der Waals surface area contributed by atoms with Gasteiger partial charge in [0.2, 0.25) is 0 Å². The van der Waals surface area contributed by atoms with E-state index < -0.39 is 39.2 Å². The zero-order chi connectivity index (χ0) is 23.0. The lowest BCUT2D eigenvalue weighted by atomic mass is 9.98. The van der Waals surface area contributed by atoms with Crippen LogP contribution in [0.2, 0.25) is 0 Å². The number of carbonyl (C=O) groups excluding carboxylic acids is 1. The molecule has 3 aromatic carbocycles. The summed E-state index contributed by atoms with van der Waals surface area (Å²) in [5.74, 6) is -3.93. The lowest BCUT2D eigenvalue weighted by Crippen LogP contribution is -2.30. The van der Waals surface area contributed by atoms with Crippen LogP contribution >= 0.6 is 0 Å². The highest BCUT2D eigenvalue weighted by atomic mass is 32.2. The van der Waals surface area contributed by atoms with Crippen molar-refractivity contribution in [1.82, 2.24) is 15.3 Å². The molecule has 1 unspecified atom stereocenters. The smallest absolute Gasteiger partial charge is 0.255 e. The van der Waals surface area contributed by atoms with Crippen LogP contribution < -0.4 is 5.32 Å². The molecule has 1 atom stereocenters. The van der Waals surface area contributed by atoms with Gasteiger partial charge in [0.15, 0.2) is 27.3 Å². The van der Waals surface area contributed by atoms with Crippen LogP contribution in [0.4, 0.5) is 13.2 Å². The molecule has 0 aliphatic heterocycles. The quantitative estimate of drug-likeness (QED) is 0.474. The van der Waals surface area contributed by atoms with Crippen LogP contribution in [0.1, 0.15) is 27.5 Å². The zero-order valence-electron chi connectivity index (χ0n) is 16.6. The van der Waals surface area contributed by atoms with E-state index in [2.05, 4.69) is 15.3 Å². The van der Waals surface area contributed by atoms with Crippen molar-refractivity contribution < 1.29 is 26.4 Å². The first kappa shape index (κ1) is 21.6. The standard InChI is InChI=1S/C22H16F3N3O3S/c1-32(30,31)14-4-2-3-12(9-14)20(13-5-7-16(23)17(24)10-13)28-22(29)15-6-8-18-21(19(15)25)27-11-26-18/h2-11,20H,1H3,(H,26,27)(H,28,29). The van der Waals surface area contributed by atoms with E-state index in [-0.39, 0.29) is 27.1 Å². The maximum Gasteiger partial charge on any atom is 0.255 e. The molecule has 0 radical (unpaired) electrons. The minimum absolute atomic E-state index is 0.0268. The number of carbonyl (C=O) groups is 1. The monoisotopic (exact) mass is 459 g/mol. The Morgan fingerprint density at radius 1 is 1.00 bits per heavy atom. The van der Waals surface area contributed by atoms with Crippen LogP contribution in [0, 0.1) is 17.5 Å². The highest BCUT2D eigenvalue weighted by Gasteiger charge is 2.23. The van der Waals surface area contributed by atoms with Gasteiger partial charge in [0.1, 0.15) is 5.52 Å². The Bertz CT molecular complexity index is 1450. The molecule has 0 fully saturated rings. The lowest BCUT2D eigenvalue weighted by Gasteiger charge is -2.21. The van der Waals surface area contributed by atoms with Crippen molar-refractivity contribution in [1.29, 1.82) is 0 Å². The number of rotatable bonds is 5. The number of amides is 1.